The highest BCUT2D eigenvalue weighted by Crippen LogP contribution is 2.29. The summed E-state index contributed by atoms with van der Waals surface area (Å²) in [6.45, 7) is 2.77. The van der Waals surface area contributed by atoms with Crippen LogP contribution in [0.25, 0.3) is 11.3 Å². The SMILES string of the molecule is CCn1c(COc2cc(Cl)ccc2Cl)nnc1SCC(=O)Nc1nc(-c2ccc(Br)cc2)cs1. The van der Waals surface area contributed by atoms with Crippen molar-refractivity contribution < 1.29 is 9.53 Å². The van der Waals surface area contributed by atoms with Crippen molar-refractivity contribution in [3.63, 3.8) is 0 Å². The molecule has 1 amide bonds. The molecule has 0 fully saturated rings. The summed E-state index contributed by atoms with van der Waals surface area (Å²) in [5.41, 5.74) is 1.80. The van der Waals surface area contributed by atoms with E-state index < -0.39 is 0 Å². The van der Waals surface area contributed by atoms with Crippen LogP contribution < -0.4 is 10.1 Å². The number of thioether (sulfide) groups is 1. The van der Waals surface area contributed by atoms with Gasteiger partial charge in [0.15, 0.2) is 16.1 Å². The van der Waals surface area contributed by atoms with Crippen LogP contribution in [0, 0.1) is 0 Å². The van der Waals surface area contributed by atoms with Gasteiger partial charge in [-0.15, -0.1) is 21.5 Å². The van der Waals surface area contributed by atoms with Gasteiger partial charge in [-0.1, -0.05) is 63.0 Å². The van der Waals surface area contributed by atoms with Gasteiger partial charge in [-0.2, -0.15) is 0 Å². The molecule has 7 nitrogen and oxygen atoms in total. The molecule has 2 heterocycles. The van der Waals surface area contributed by atoms with Crippen LogP contribution in [0.5, 0.6) is 5.75 Å². The van der Waals surface area contributed by atoms with Crippen LogP contribution in [0.15, 0.2) is 57.5 Å². The predicted octanol–water partition coefficient (Wildman–Crippen LogP) is 6.80. The average Bonchev–Trinajstić information content (AvgIpc) is 3.45. The van der Waals surface area contributed by atoms with Crippen LogP contribution in [0.1, 0.15) is 12.7 Å². The zero-order valence-corrected chi connectivity index (χ0v) is 22.5. The second-order valence-electron chi connectivity index (χ2n) is 6.89. The molecule has 2 aromatic carbocycles. The van der Waals surface area contributed by atoms with Gasteiger partial charge in [0.1, 0.15) is 12.4 Å². The summed E-state index contributed by atoms with van der Waals surface area (Å²) in [4.78, 5) is 17.0. The maximum atomic E-state index is 12.5. The van der Waals surface area contributed by atoms with Crippen molar-refractivity contribution in [2.75, 3.05) is 11.1 Å². The topological polar surface area (TPSA) is 81.9 Å². The highest BCUT2D eigenvalue weighted by molar-refractivity contribution is 9.10. The van der Waals surface area contributed by atoms with Crippen molar-refractivity contribution in [3.05, 3.63) is 68.2 Å². The molecule has 12 heteroatoms. The minimum absolute atomic E-state index is 0.170. The zero-order valence-electron chi connectivity index (χ0n) is 17.8. The third-order valence-corrected chi connectivity index (χ3v) is 7.38. The summed E-state index contributed by atoms with van der Waals surface area (Å²) in [6.07, 6.45) is 0. The molecule has 0 bridgehead atoms. The molecule has 4 aromatic rings. The van der Waals surface area contributed by atoms with Crippen molar-refractivity contribution in [2.45, 2.75) is 25.2 Å². The van der Waals surface area contributed by atoms with E-state index >= 15 is 0 Å². The Labute approximate surface area is 223 Å². The molecule has 0 aliphatic rings. The van der Waals surface area contributed by atoms with Gasteiger partial charge in [0.2, 0.25) is 5.91 Å². The number of nitrogens with zero attached hydrogens (tertiary/aromatic N) is 4. The zero-order chi connectivity index (χ0) is 24.1. The quantitative estimate of drug-likeness (QED) is 0.213. The van der Waals surface area contributed by atoms with Gasteiger partial charge in [-0.25, -0.2) is 4.98 Å². The molecule has 0 saturated heterocycles. The van der Waals surface area contributed by atoms with Crippen molar-refractivity contribution in [1.82, 2.24) is 19.7 Å². The first-order chi connectivity index (χ1) is 16.4. The molecule has 34 heavy (non-hydrogen) atoms. The largest absolute Gasteiger partial charge is 0.484 e. The van der Waals surface area contributed by atoms with Crippen LogP contribution in [-0.4, -0.2) is 31.4 Å². The van der Waals surface area contributed by atoms with Crippen LogP contribution >= 0.6 is 62.2 Å². The fraction of sp³-hybridized carbons (Fsp3) is 0.182. The molecule has 0 unspecified atom stereocenters. The third kappa shape index (κ3) is 6.31. The predicted molar refractivity (Wildman–Crippen MR) is 141 cm³/mol. The first-order valence-corrected chi connectivity index (χ1v) is 13.5. The Bertz CT molecular complexity index is 1300. The molecular weight excluding hydrogens is 581 g/mol. The number of anilines is 1. The molecule has 0 saturated carbocycles. The van der Waals surface area contributed by atoms with E-state index in [1.54, 1.807) is 18.2 Å². The van der Waals surface area contributed by atoms with Gasteiger partial charge < -0.3 is 14.6 Å². The Morgan fingerprint density at radius 1 is 1.21 bits per heavy atom. The summed E-state index contributed by atoms with van der Waals surface area (Å²) in [6, 6.07) is 12.9. The summed E-state index contributed by atoms with van der Waals surface area (Å²) >= 11 is 18.3. The summed E-state index contributed by atoms with van der Waals surface area (Å²) in [5.74, 6) is 1.10. The first kappa shape index (κ1) is 25.0. The molecule has 0 atom stereocenters. The second-order valence-corrected chi connectivity index (χ2v) is 10.4. The van der Waals surface area contributed by atoms with Crippen LogP contribution in [-0.2, 0) is 17.9 Å². The van der Waals surface area contributed by atoms with E-state index in [9.17, 15) is 4.79 Å². The Morgan fingerprint density at radius 2 is 2.00 bits per heavy atom. The molecule has 176 valence electrons. The smallest absolute Gasteiger partial charge is 0.236 e. The van der Waals surface area contributed by atoms with E-state index in [0.717, 1.165) is 15.7 Å². The monoisotopic (exact) mass is 597 g/mol. The average molecular weight is 599 g/mol. The number of aromatic nitrogens is 4. The van der Waals surface area contributed by atoms with Crippen molar-refractivity contribution in [3.8, 4) is 17.0 Å². The normalized spacial score (nSPS) is 10.9. The maximum absolute atomic E-state index is 12.5. The number of hydrogen-bond acceptors (Lipinski definition) is 7. The standard InChI is InChI=1S/C22H18BrCl2N5O2S2/c1-2-30-19(10-32-18-9-15(24)7-8-16(18)25)28-29-22(30)34-12-20(31)27-21-26-17(11-33-21)13-3-5-14(23)6-4-13/h3-9,11H,2,10,12H2,1H3,(H,26,27,31). The van der Waals surface area contributed by atoms with Gasteiger partial charge in [0.05, 0.1) is 16.5 Å². The Kier molecular flexibility index (Phi) is 8.49. The van der Waals surface area contributed by atoms with Crippen molar-refractivity contribution >= 4 is 73.3 Å². The molecule has 0 spiro atoms. The molecule has 0 aliphatic heterocycles. The number of carbonyl (C=O) groups is 1. The second kappa shape index (κ2) is 11.5. The lowest BCUT2D eigenvalue weighted by molar-refractivity contribution is -0.113. The molecule has 0 radical (unpaired) electrons. The number of thiazole rings is 1. The van der Waals surface area contributed by atoms with Crippen molar-refractivity contribution in [2.24, 2.45) is 0 Å². The lowest BCUT2D eigenvalue weighted by Crippen LogP contribution is -2.14. The fourth-order valence-corrected chi connectivity index (χ4v) is 5.11. The van der Waals surface area contributed by atoms with Gasteiger partial charge in [-0.05, 0) is 31.2 Å². The highest BCUT2D eigenvalue weighted by atomic mass is 79.9. The molecule has 1 N–H and O–H groups in total. The lowest BCUT2D eigenvalue weighted by Gasteiger charge is -2.10. The minimum atomic E-state index is -0.170. The summed E-state index contributed by atoms with van der Waals surface area (Å²) in [7, 11) is 0. The van der Waals surface area contributed by atoms with Gasteiger partial charge >= 0.3 is 0 Å². The molecule has 4 rings (SSSR count). The van der Waals surface area contributed by atoms with E-state index in [1.807, 2.05) is 41.1 Å². The Hall–Kier alpha value is -2.11. The number of ether oxygens (including phenoxy) is 1. The number of halogens is 3. The lowest BCUT2D eigenvalue weighted by atomic mass is 10.2. The number of amides is 1. The Balaban J connectivity index is 1.33. The first-order valence-electron chi connectivity index (χ1n) is 10.1. The highest BCUT2D eigenvalue weighted by Gasteiger charge is 2.15. The number of carbonyl (C=O) groups excluding carboxylic acids is 1. The molecule has 0 aliphatic carbocycles. The summed E-state index contributed by atoms with van der Waals surface area (Å²) in [5, 5.41) is 15.3. The van der Waals surface area contributed by atoms with Gasteiger partial charge in [0.25, 0.3) is 0 Å². The number of nitrogens with one attached hydrogen (secondary N) is 1. The maximum Gasteiger partial charge on any atom is 0.236 e. The van der Waals surface area contributed by atoms with Crippen LogP contribution in [0.3, 0.4) is 0 Å². The van der Waals surface area contributed by atoms with Crippen molar-refractivity contribution in [1.29, 1.82) is 0 Å². The molecule has 2 aromatic heterocycles. The van der Waals surface area contributed by atoms with Crippen LogP contribution in [0.4, 0.5) is 5.13 Å². The van der Waals surface area contributed by atoms with Gasteiger partial charge in [-0.3, -0.25) is 4.79 Å². The van der Waals surface area contributed by atoms with Gasteiger partial charge in [0, 0.05) is 33.0 Å². The summed E-state index contributed by atoms with van der Waals surface area (Å²) < 4.78 is 8.67. The molecular formula is C22H18BrCl2N5O2S2. The van der Waals surface area contributed by atoms with E-state index in [1.165, 1.54) is 23.1 Å². The van der Waals surface area contributed by atoms with Crippen LogP contribution in [0.2, 0.25) is 10.0 Å². The minimum Gasteiger partial charge on any atom is -0.484 e. The number of benzene rings is 2. The van der Waals surface area contributed by atoms with E-state index in [4.69, 9.17) is 27.9 Å². The third-order valence-electron chi connectivity index (χ3n) is 4.58. The number of hydrogen-bond donors (Lipinski definition) is 1. The van der Waals surface area contributed by atoms with E-state index in [0.29, 0.717) is 38.5 Å². The van der Waals surface area contributed by atoms with E-state index in [-0.39, 0.29) is 18.3 Å². The number of rotatable bonds is 9. The Morgan fingerprint density at radius 3 is 2.76 bits per heavy atom. The fourth-order valence-electron chi connectivity index (χ4n) is 2.95. The van der Waals surface area contributed by atoms with E-state index in [2.05, 4.69) is 36.4 Å².